The topological polar surface area (TPSA) is 110 Å². The minimum Gasteiger partial charge on any atom is -0.337 e. The fourth-order valence-electron chi connectivity index (χ4n) is 1.51. The molecule has 0 saturated heterocycles. The molecule has 1 rings (SSSR count). The molecule has 0 bridgehead atoms. The van der Waals surface area contributed by atoms with Crippen molar-refractivity contribution in [3.63, 3.8) is 0 Å². The van der Waals surface area contributed by atoms with Gasteiger partial charge in [0.15, 0.2) is 0 Å². The highest BCUT2D eigenvalue weighted by molar-refractivity contribution is 5.99. The zero-order valence-electron chi connectivity index (χ0n) is 12.7. The van der Waals surface area contributed by atoms with Gasteiger partial charge in [-0.2, -0.15) is 0 Å². The van der Waals surface area contributed by atoms with Crippen molar-refractivity contribution in [2.75, 3.05) is 0 Å². The number of benzene rings is 1. The molecule has 126 valence electrons. The van der Waals surface area contributed by atoms with Crippen LogP contribution >= 0.6 is 24.8 Å². The molecule has 0 radical (unpaired) electrons. The average Bonchev–Trinajstić information content (AvgIpc) is 2.46. The summed E-state index contributed by atoms with van der Waals surface area (Å²) in [7, 11) is 0. The molecule has 0 spiro atoms. The van der Waals surface area contributed by atoms with Crippen molar-refractivity contribution in [1.82, 2.24) is 10.6 Å². The van der Waals surface area contributed by atoms with Crippen LogP contribution in [-0.4, -0.2) is 24.1 Å². The van der Waals surface area contributed by atoms with E-state index in [-0.39, 0.29) is 36.6 Å². The van der Waals surface area contributed by atoms with E-state index in [0.29, 0.717) is 24.0 Å². The van der Waals surface area contributed by atoms with Gasteiger partial charge >= 0.3 is 0 Å². The SMILES string of the molecule is CCC(N)NC(=O)c1cccc(C(=O)NC(N)CC)c1.Cl.Cl. The maximum absolute atomic E-state index is 11.9. The van der Waals surface area contributed by atoms with Crippen molar-refractivity contribution in [2.24, 2.45) is 11.5 Å². The van der Waals surface area contributed by atoms with E-state index < -0.39 is 12.3 Å². The third-order valence-electron chi connectivity index (χ3n) is 2.90. The van der Waals surface area contributed by atoms with E-state index in [1.54, 1.807) is 18.2 Å². The molecule has 0 heterocycles. The van der Waals surface area contributed by atoms with Crippen LogP contribution in [0.1, 0.15) is 47.4 Å². The lowest BCUT2D eigenvalue weighted by atomic mass is 10.1. The predicted octanol–water partition coefficient (Wildman–Crippen LogP) is 1.38. The van der Waals surface area contributed by atoms with E-state index in [4.69, 9.17) is 11.5 Å². The van der Waals surface area contributed by atoms with E-state index in [0.717, 1.165) is 0 Å². The number of nitrogens with two attached hydrogens (primary N) is 2. The summed E-state index contributed by atoms with van der Waals surface area (Å²) in [5.41, 5.74) is 12.1. The molecule has 2 amide bonds. The number of hydrogen-bond acceptors (Lipinski definition) is 4. The lowest BCUT2D eigenvalue weighted by molar-refractivity contribution is 0.0936. The second-order valence-electron chi connectivity index (χ2n) is 4.56. The van der Waals surface area contributed by atoms with Gasteiger partial charge in [-0.05, 0) is 31.0 Å². The molecule has 22 heavy (non-hydrogen) atoms. The summed E-state index contributed by atoms with van der Waals surface area (Å²) in [5.74, 6) is -0.595. The monoisotopic (exact) mass is 350 g/mol. The van der Waals surface area contributed by atoms with Gasteiger partial charge in [0.2, 0.25) is 0 Å². The lowest BCUT2D eigenvalue weighted by Gasteiger charge is -2.13. The van der Waals surface area contributed by atoms with Gasteiger partial charge in [-0.25, -0.2) is 0 Å². The van der Waals surface area contributed by atoms with E-state index in [2.05, 4.69) is 10.6 Å². The van der Waals surface area contributed by atoms with Gasteiger partial charge in [0.05, 0.1) is 12.3 Å². The average molecular weight is 351 g/mol. The van der Waals surface area contributed by atoms with Gasteiger partial charge in [0, 0.05) is 11.1 Å². The fourth-order valence-corrected chi connectivity index (χ4v) is 1.51. The number of halogens is 2. The van der Waals surface area contributed by atoms with Crippen molar-refractivity contribution in [1.29, 1.82) is 0 Å². The van der Waals surface area contributed by atoms with E-state index in [9.17, 15) is 9.59 Å². The number of rotatable bonds is 6. The first-order chi connectivity index (χ1) is 9.47. The Labute approximate surface area is 143 Å². The molecule has 0 aliphatic heterocycles. The molecular formula is C14H24Cl2N4O2. The summed E-state index contributed by atoms with van der Waals surface area (Å²) in [5, 5.41) is 5.29. The van der Waals surface area contributed by atoms with E-state index in [1.165, 1.54) is 6.07 Å². The molecule has 8 heteroatoms. The van der Waals surface area contributed by atoms with Crippen molar-refractivity contribution in [2.45, 2.75) is 39.0 Å². The minimum absolute atomic E-state index is 0. The highest BCUT2D eigenvalue weighted by Gasteiger charge is 2.13. The molecule has 6 nitrogen and oxygen atoms in total. The van der Waals surface area contributed by atoms with Crippen molar-refractivity contribution in [3.05, 3.63) is 35.4 Å². The summed E-state index contributed by atoms with van der Waals surface area (Å²) in [6.45, 7) is 3.75. The Morgan fingerprint density at radius 1 is 0.955 bits per heavy atom. The molecule has 2 unspecified atom stereocenters. The normalized spacial score (nSPS) is 12.2. The number of carbonyl (C=O) groups is 2. The Hall–Kier alpha value is -1.34. The van der Waals surface area contributed by atoms with Crippen LogP contribution in [0.2, 0.25) is 0 Å². The van der Waals surface area contributed by atoms with Crippen molar-refractivity contribution in [3.8, 4) is 0 Å². The first-order valence-electron chi connectivity index (χ1n) is 6.70. The quantitative estimate of drug-likeness (QED) is 0.580. The highest BCUT2D eigenvalue weighted by Crippen LogP contribution is 2.06. The van der Waals surface area contributed by atoms with Crippen LogP contribution in [0.5, 0.6) is 0 Å². The molecule has 2 atom stereocenters. The molecule has 0 aliphatic rings. The van der Waals surface area contributed by atoms with E-state index >= 15 is 0 Å². The summed E-state index contributed by atoms with van der Waals surface area (Å²) in [4.78, 5) is 23.8. The molecule has 6 N–H and O–H groups in total. The zero-order valence-corrected chi connectivity index (χ0v) is 14.3. The number of hydrogen-bond donors (Lipinski definition) is 4. The maximum atomic E-state index is 11.9. The molecular weight excluding hydrogens is 327 g/mol. The highest BCUT2D eigenvalue weighted by atomic mass is 35.5. The van der Waals surface area contributed by atoms with Crippen LogP contribution in [-0.2, 0) is 0 Å². The first-order valence-corrected chi connectivity index (χ1v) is 6.70. The predicted molar refractivity (Wildman–Crippen MR) is 92.4 cm³/mol. The third-order valence-corrected chi connectivity index (χ3v) is 2.90. The Balaban J connectivity index is 0. The van der Waals surface area contributed by atoms with Gasteiger partial charge in [-0.3, -0.25) is 9.59 Å². The summed E-state index contributed by atoms with van der Waals surface area (Å²) < 4.78 is 0. The molecule has 0 saturated carbocycles. The zero-order chi connectivity index (χ0) is 15.1. The van der Waals surface area contributed by atoms with Crippen molar-refractivity contribution >= 4 is 36.6 Å². The standard InChI is InChI=1S/C14H22N4O2.2ClH/c1-3-11(15)17-13(19)9-6-5-7-10(8-9)14(20)18-12(16)4-2;;/h5-8,11-12H,3-4,15-16H2,1-2H3,(H,17,19)(H,18,20);2*1H. The van der Waals surface area contributed by atoms with Crippen LogP contribution in [0.4, 0.5) is 0 Å². The summed E-state index contributed by atoms with van der Waals surface area (Å²) >= 11 is 0. The minimum atomic E-state index is -0.395. The molecule has 0 aliphatic carbocycles. The van der Waals surface area contributed by atoms with Crippen LogP contribution in [0.15, 0.2) is 24.3 Å². The van der Waals surface area contributed by atoms with Crippen molar-refractivity contribution < 1.29 is 9.59 Å². The first kappa shape index (κ1) is 22.9. The number of nitrogens with one attached hydrogen (secondary N) is 2. The van der Waals surface area contributed by atoms with Gasteiger partial charge in [-0.15, -0.1) is 24.8 Å². The van der Waals surface area contributed by atoms with E-state index in [1.807, 2.05) is 13.8 Å². The Morgan fingerprint density at radius 3 is 1.64 bits per heavy atom. The van der Waals surface area contributed by atoms with Crippen LogP contribution in [0.3, 0.4) is 0 Å². The Bertz CT molecular complexity index is 446. The number of amides is 2. The largest absolute Gasteiger partial charge is 0.337 e. The summed E-state index contributed by atoms with van der Waals surface area (Å²) in [6, 6.07) is 6.44. The van der Waals surface area contributed by atoms with Crippen LogP contribution < -0.4 is 22.1 Å². The van der Waals surface area contributed by atoms with Gasteiger partial charge in [0.1, 0.15) is 0 Å². The molecule has 1 aromatic carbocycles. The lowest BCUT2D eigenvalue weighted by Crippen LogP contribution is -2.41. The van der Waals surface area contributed by atoms with Gasteiger partial charge in [0.25, 0.3) is 11.8 Å². The maximum Gasteiger partial charge on any atom is 0.252 e. The molecule has 0 aromatic heterocycles. The Kier molecular flexibility index (Phi) is 11.7. The summed E-state index contributed by atoms with van der Waals surface area (Å²) in [6.07, 6.45) is 0.483. The smallest absolute Gasteiger partial charge is 0.252 e. The molecule has 0 fully saturated rings. The second-order valence-corrected chi connectivity index (χ2v) is 4.56. The fraction of sp³-hybridized carbons (Fsp3) is 0.429. The van der Waals surface area contributed by atoms with Gasteiger partial charge < -0.3 is 22.1 Å². The Morgan fingerprint density at radius 2 is 1.32 bits per heavy atom. The number of carbonyl (C=O) groups excluding carboxylic acids is 2. The van der Waals surface area contributed by atoms with Gasteiger partial charge in [-0.1, -0.05) is 19.9 Å². The van der Waals surface area contributed by atoms with Crippen LogP contribution in [0, 0.1) is 0 Å². The van der Waals surface area contributed by atoms with Crippen LogP contribution in [0.25, 0.3) is 0 Å². The molecule has 1 aromatic rings. The third kappa shape index (κ3) is 7.09. The second kappa shape index (κ2) is 11.3.